The zero-order valence-corrected chi connectivity index (χ0v) is 18.7. The molecule has 26 heavy (non-hydrogen) atoms. The van der Waals surface area contributed by atoms with Gasteiger partial charge >= 0.3 is 0 Å². The van der Waals surface area contributed by atoms with Crippen LogP contribution in [-0.2, 0) is 6.54 Å². The Kier molecular flexibility index (Phi) is 7.75. The fraction of sp³-hybridized carbons (Fsp3) is 0.500. The summed E-state index contributed by atoms with van der Waals surface area (Å²) in [6.07, 6.45) is 1.53. The maximum absolute atomic E-state index is 4.87. The topological polar surface area (TPSA) is 69.2 Å². The van der Waals surface area contributed by atoms with Crippen molar-refractivity contribution in [1.29, 1.82) is 0 Å². The van der Waals surface area contributed by atoms with Crippen molar-refractivity contribution in [3.63, 3.8) is 0 Å². The van der Waals surface area contributed by atoms with Gasteiger partial charge in [0.2, 0.25) is 0 Å². The zero-order valence-electron chi connectivity index (χ0n) is 15.5. The third-order valence-electron chi connectivity index (χ3n) is 4.09. The molecule has 1 aromatic heterocycles. The van der Waals surface area contributed by atoms with Gasteiger partial charge in [-0.3, -0.25) is 5.10 Å². The lowest BCUT2D eigenvalue weighted by molar-refractivity contribution is 0.376. The van der Waals surface area contributed by atoms with Crippen LogP contribution in [0.3, 0.4) is 0 Å². The van der Waals surface area contributed by atoms with Crippen LogP contribution in [0.5, 0.6) is 0 Å². The van der Waals surface area contributed by atoms with Crippen molar-refractivity contribution >= 4 is 41.7 Å². The fourth-order valence-corrected chi connectivity index (χ4v) is 4.06. The molecule has 0 amide bonds. The number of halogens is 1. The predicted octanol–water partition coefficient (Wildman–Crippen LogP) is 3.38. The molecule has 0 saturated carbocycles. The number of aromatic amines is 1. The first-order valence-electron chi connectivity index (χ1n) is 8.69. The summed E-state index contributed by atoms with van der Waals surface area (Å²) in [6, 6.07) is 8.28. The Balaban J connectivity index is 0.00000243. The van der Waals surface area contributed by atoms with E-state index in [2.05, 4.69) is 58.3 Å². The molecule has 0 unspecified atom stereocenters. The number of rotatable bonds is 4. The van der Waals surface area contributed by atoms with Gasteiger partial charge in [-0.1, -0.05) is 18.2 Å². The first-order valence-corrected chi connectivity index (χ1v) is 9.68. The van der Waals surface area contributed by atoms with E-state index >= 15 is 0 Å². The van der Waals surface area contributed by atoms with E-state index in [1.54, 1.807) is 0 Å². The Bertz CT molecular complexity index is 716. The van der Waals surface area contributed by atoms with Crippen molar-refractivity contribution < 1.29 is 0 Å². The molecule has 3 rings (SSSR count). The smallest absolute Gasteiger partial charge is 0.194 e. The molecular formula is C18H27IN6S. The molecule has 0 atom stereocenters. The molecular weight excluding hydrogens is 459 g/mol. The summed E-state index contributed by atoms with van der Waals surface area (Å²) in [4.78, 5) is 11.5. The quantitative estimate of drug-likeness (QED) is 0.394. The van der Waals surface area contributed by atoms with E-state index in [-0.39, 0.29) is 28.7 Å². The standard InChI is InChI=1S/C18H26N6S.HI/c1-4-19-17(24-8-9-25-18(2,3)12-24)20-11-14-6-5-7-15(10-14)16-21-13-22-23-16;/h5-7,10,13H,4,8-9,11-12H2,1-3H3,(H,19,20)(H,21,22,23);1H. The predicted molar refractivity (Wildman–Crippen MR) is 120 cm³/mol. The number of aliphatic imine (C=N–C) groups is 1. The minimum absolute atomic E-state index is 0. The lowest BCUT2D eigenvalue weighted by Gasteiger charge is -2.39. The maximum Gasteiger partial charge on any atom is 0.194 e. The summed E-state index contributed by atoms with van der Waals surface area (Å²) < 4.78 is 0.265. The van der Waals surface area contributed by atoms with Gasteiger partial charge in [0, 0.05) is 35.7 Å². The molecule has 0 bridgehead atoms. The van der Waals surface area contributed by atoms with Gasteiger partial charge in [-0.2, -0.15) is 16.9 Å². The second-order valence-corrected chi connectivity index (χ2v) is 8.54. The average Bonchev–Trinajstić information content (AvgIpc) is 3.12. The van der Waals surface area contributed by atoms with E-state index < -0.39 is 0 Å². The van der Waals surface area contributed by atoms with Crippen LogP contribution in [0.25, 0.3) is 11.4 Å². The molecule has 0 spiro atoms. The largest absolute Gasteiger partial charge is 0.357 e. The molecule has 1 aliphatic rings. The summed E-state index contributed by atoms with van der Waals surface area (Å²) in [6.45, 7) is 10.3. The third-order valence-corrected chi connectivity index (χ3v) is 5.38. The van der Waals surface area contributed by atoms with Gasteiger partial charge in [-0.25, -0.2) is 9.98 Å². The van der Waals surface area contributed by atoms with Gasteiger partial charge in [0.15, 0.2) is 11.8 Å². The van der Waals surface area contributed by atoms with Crippen LogP contribution in [0.2, 0.25) is 0 Å². The van der Waals surface area contributed by atoms with E-state index in [1.165, 1.54) is 6.33 Å². The van der Waals surface area contributed by atoms with Crippen molar-refractivity contribution in [2.45, 2.75) is 32.1 Å². The van der Waals surface area contributed by atoms with Crippen LogP contribution < -0.4 is 5.32 Å². The SMILES string of the molecule is CCNC(=NCc1cccc(-c2ncn[nH]2)c1)N1CCSC(C)(C)C1.I. The van der Waals surface area contributed by atoms with Crippen LogP contribution >= 0.6 is 35.7 Å². The number of guanidine groups is 1. The molecule has 2 heterocycles. The van der Waals surface area contributed by atoms with Crippen molar-refractivity contribution in [1.82, 2.24) is 25.4 Å². The van der Waals surface area contributed by atoms with E-state index in [9.17, 15) is 0 Å². The fourth-order valence-electron chi connectivity index (χ4n) is 2.95. The zero-order chi connectivity index (χ0) is 17.7. The molecule has 1 aromatic carbocycles. The van der Waals surface area contributed by atoms with Gasteiger partial charge in [0.25, 0.3) is 0 Å². The van der Waals surface area contributed by atoms with E-state index in [1.807, 2.05) is 23.9 Å². The molecule has 0 aliphatic carbocycles. The van der Waals surface area contributed by atoms with Crippen LogP contribution in [-0.4, -0.2) is 56.2 Å². The second kappa shape index (κ2) is 9.59. The second-order valence-electron chi connectivity index (χ2n) is 6.73. The van der Waals surface area contributed by atoms with Gasteiger partial charge in [-0.05, 0) is 32.4 Å². The Morgan fingerprint density at radius 3 is 2.96 bits per heavy atom. The number of thioether (sulfide) groups is 1. The first kappa shape index (κ1) is 21.0. The number of benzene rings is 1. The molecule has 1 saturated heterocycles. The van der Waals surface area contributed by atoms with Crippen LogP contribution in [0.15, 0.2) is 35.6 Å². The summed E-state index contributed by atoms with van der Waals surface area (Å²) in [7, 11) is 0. The summed E-state index contributed by atoms with van der Waals surface area (Å²) in [5.74, 6) is 2.92. The molecule has 1 fully saturated rings. The molecule has 2 aromatic rings. The third kappa shape index (κ3) is 5.60. The number of aromatic nitrogens is 3. The molecule has 1 aliphatic heterocycles. The highest BCUT2D eigenvalue weighted by atomic mass is 127. The first-order chi connectivity index (χ1) is 12.1. The minimum atomic E-state index is 0. The van der Waals surface area contributed by atoms with Crippen LogP contribution in [0.4, 0.5) is 0 Å². The highest BCUT2D eigenvalue weighted by Gasteiger charge is 2.28. The number of H-pyrrole nitrogens is 1. The molecule has 0 radical (unpaired) electrons. The van der Waals surface area contributed by atoms with Gasteiger partial charge < -0.3 is 10.2 Å². The van der Waals surface area contributed by atoms with Gasteiger partial charge in [0.1, 0.15) is 6.33 Å². The normalized spacial score (nSPS) is 16.9. The van der Waals surface area contributed by atoms with Crippen LogP contribution in [0.1, 0.15) is 26.3 Å². The summed E-state index contributed by atoms with van der Waals surface area (Å²) in [5.41, 5.74) is 2.20. The average molecular weight is 486 g/mol. The van der Waals surface area contributed by atoms with E-state index in [0.29, 0.717) is 6.54 Å². The van der Waals surface area contributed by atoms with Crippen molar-refractivity contribution in [3.8, 4) is 11.4 Å². The van der Waals surface area contributed by atoms with E-state index in [4.69, 9.17) is 4.99 Å². The number of nitrogens with one attached hydrogen (secondary N) is 2. The number of hydrogen-bond donors (Lipinski definition) is 2. The highest BCUT2D eigenvalue weighted by molar-refractivity contribution is 14.0. The molecule has 8 heteroatoms. The molecule has 2 N–H and O–H groups in total. The van der Waals surface area contributed by atoms with Crippen molar-refractivity contribution in [3.05, 3.63) is 36.2 Å². The molecule has 6 nitrogen and oxygen atoms in total. The Morgan fingerprint density at radius 2 is 2.27 bits per heavy atom. The maximum atomic E-state index is 4.87. The molecule has 142 valence electrons. The van der Waals surface area contributed by atoms with E-state index in [0.717, 1.165) is 48.3 Å². The number of hydrogen-bond acceptors (Lipinski definition) is 4. The van der Waals surface area contributed by atoms with Crippen LogP contribution in [0, 0.1) is 0 Å². The van der Waals surface area contributed by atoms with Crippen molar-refractivity contribution in [2.75, 3.05) is 25.4 Å². The monoisotopic (exact) mass is 486 g/mol. The summed E-state index contributed by atoms with van der Waals surface area (Å²) in [5, 5.41) is 10.3. The van der Waals surface area contributed by atoms with Gasteiger partial charge in [0.05, 0.1) is 6.54 Å². The number of nitrogens with zero attached hydrogens (tertiary/aromatic N) is 4. The Morgan fingerprint density at radius 1 is 1.42 bits per heavy atom. The van der Waals surface area contributed by atoms with Gasteiger partial charge in [-0.15, -0.1) is 24.0 Å². The summed E-state index contributed by atoms with van der Waals surface area (Å²) >= 11 is 2.03. The lowest BCUT2D eigenvalue weighted by Crippen LogP contribution is -2.50. The Hall–Kier alpha value is -1.29. The lowest BCUT2D eigenvalue weighted by atomic mass is 10.1. The Labute approximate surface area is 176 Å². The van der Waals surface area contributed by atoms with Crippen molar-refractivity contribution in [2.24, 2.45) is 4.99 Å². The minimum Gasteiger partial charge on any atom is -0.357 e. The highest BCUT2D eigenvalue weighted by Crippen LogP contribution is 2.29.